The smallest absolute Gasteiger partial charge is 0.468 e. The summed E-state index contributed by atoms with van der Waals surface area (Å²) in [6.07, 6.45) is 0. The van der Waals surface area contributed by atoms with Crippen LogP contribution >= 0.6 is 31.9 Å². The quantitative estimate of drug-likeness (QED) is 0.121. The molecule has 0 saturated heterocycles. The second-order valence-electron chi connectivity index (χ2n) is 6.87. The lowest BCUT2D eigenvalue weighted by Crippen LogP contribution is -2.36. The fraction of sp³-hybridized carbons (Fsp3) is 0.450. The summed E-state index contributed by atoms with van der Waals surface area (Å²) in [7, 11) is -3.16. The van der Waals surface area contributed by atoms with Crippen LogP contribution in [0.25, 0.3) is 0 Å². The number of nitro benzene ring substituents is 1. The van der Waals surface area contributed by atoms with Crippen molar-refractivity contribution in [1.82, 2.24) is 0 Å². The summed E-state index contributed by atoms with van der Waals surface area (Å²) in [5, 5.41) is 11.4. The van der Waals surface area contributed by atoms with E-state index in [9.17, 15) is 24.3 Å². The third kappa shape index (κ3) is 6.70. The normalized spacial score (nSPS) is 18.3. The number of rotatable bonds is 11. The molecule has 2 unspecified atom stereocenters. The summed E-state index contributed by atoms with van der Waals surface area (Å²) in [4.78, 5) is 41.1. The van der Waals surface area contributed by atoms with Crippen molar-refractivity contribution < 1.29 is 36.3 Å². The van der Waals surface area contributed by atoms with Gasteiger partial charge < -0.3 is 9.26 Å². The Balaban J connectivity index is 2.60. The highest BCUT2D eigenvalue weighted by atomic mass is 32.2. The standard InChI is InChI=1S/C20H25N2O9PS2/c1-6-33-30-32(27,31-34-7-2)29-20(24)17-13(4)21-12(3)16(19(23)28-5)18(17)14-9-8-10-15(11-14)22(25)26/h8-11,16,18H,6-7H2,1-5H3. The van der Waals surface area contributed by atoms with Gasteiger partial charge in [0.1, 0.15) is 5.92 Å². The number of nitrogens with zero attached hydrogens (tertiary/aromatic N) is 2. The number of esters is 1. The maximum Gasteiger partial charge on any atom is 0.555 e. The first-order valence-corrected chi connectivity index (χ1v) is 13.4. The number of hydrogen-bond donors (Lipinski definition) is 0. The van der Waals surface area contributed by atoms with E-state index < -0.39 is 36.5 Å². The molecule has 34 heavy (non-hydrogen) atoms. The van der Waals surface area contributed by atoms with Crippen LogP contribution in [-0.4, -0.2) is 41.2 Å². The predicted molar refractivity (Wildman–Crippen MR) is 129 cm³/mol. The molecular weight excluding hydrogens is 507 g/mol. The zero-order valence-corrected chi connectivity index (χ0v) is 21.7. The van der Waals surface area contributed by atoms with Gasteiger partial charge in [-0.3, -0.25) is 19.9 Å². The molecule has 1 aliphatic heterocycles. The van der Waals surface area contributed by atoms with E-state index in [1.165, 1.54) is 32.2 Å². The minimum atomic E-state index is -4.34. The van der Waals surface area contributed by atoms with Crippen molar-refractivity contribution in [3.05, 3.63) is 51.2 Å². The van der Waals surface area contributed by atoms with Gasteiger partial charge in [0.05, 0.1) is 17.6 Å². The number of allylic oxidation sites excluding steroid dienone is 1. The van der Waals surface area contributed by atoms with Crippen LogP contribution in [0.4, 0.5) is 5.69 Å². The van der Waals surface area contributed by atoms with Gasteiger partial charge in [-0.05, 0) is 19.4 Å². The van der Waals surface area contributed by atoms with Gasteiger partial charge >= 0.3 is 19.8 Å². The molecule has 0 fully saturated rings. The summed E-state index contributed by atoms with van der Waals surface area (Å²) in [6, 6.07) is 5.52. The third-order valence-electron chi connectivity index (χ3n) is 4.66. The third-order valence-corrected chi connectivity index (χ3v) is 7.83. The molecule has 2 rings (SSSR count). The number of aliphatic imine (C=N–C) groups is 1. The number of carbonyl (C=O) groups excluding carboxylic acids is 2. The van der Waals surface area contributed by atoms with Crippen molar-refractivity contribution in [2.24, 2.45) is 10.9 Å². The minimum Gasteiger partial charge on any atom is -0.468 e. The number of hydrogen-bond acceptors (Lipinski definition) is 12. The molecule has 0 amide bonds. The van der Waals surface area contributed by atoms with Crippen molar-refractivity contribution in [2.45, 2.75) is 33.6 Å². The summed E-state index contributed by atoms with van der Waals surface area (Å²) in [5.41, 5.74) is 0.473. The zero-order chi connectivity index (χ0) is 25.5. The number of methoxy groups -OCH3 is 1. The molecule has 14 heteroatoms. The van der Waals surface area contributed by atoms with E-state index in [2.05, 4.69) is 4.99 Å². The Morgan fingerprint density at radius 3 is 2.32 bits per heavy atom. The van der Waals surface area contributed by atoms with E-state index in [1.807, 2.05) is 0 Å². The average Bonchev–Trinajstić information content (AvgIpc) is 2.80. The first-order chi connectivity index (χ1) is 16.1. The van der Waals surface area contributed by atoms with Gasteiger partial charge in [-0.2, -0.15) is 0 Å². The number of nitro groups is 1. The second kappa shape index (κ2) is 12.5. The molecule has 1 aromatic carbocycles. The van der Waals surface area contributed by atoms with Gasteiger partial charge in [-0.1, -0.05) is 26.0 Å². The van der Waals surface area contributed by atoms with Crippen molar-refractivity contribution in [3.63, 3.8) is 0 Å². The molecule has 1 aliphatic rings. The van der Waals surface area contributed by atoms with E-state index >= 15 is 0 Å². The molecule has 0 spiro atoms. The van der Waals surface area contributed by atoms with Gasteiger partial charge in [0.15, 0.2) is 0 Å². The molecular formula is C20H25N2O9PS2. The lowest BCUT2D eigenvalue weighted by molar-refractivity contribution is -0.384. The predicted octanol–water partition coefficient (Wildman–Crippen LogP) is 5.24. The molecule has 11 nitrogen and oxygen atoms in total. The molecule has 0 saturated carbocycles. The van der Waals surface area contributed by atoms with Crippen molar-refractivity contribution >= 4 is 55.2 Å². The van der Waals surface area contributed by atoms with Crippen molar-refractivity contribution in [2.75, 3.05) is 18.6 Å². The number of carbonyl (C=O) groups is 2. The minimum absolute atomic E-state index is 0.114. The Kier molecular flexibility index (Phi) is 10.3. The molecule has 1 heterocycles. The van der Waals surface area contributed by atoms with Gasteiger partial charge in [0.2, 0.25) is 0 Å². The number of ether oxygens (including phenoxy) is 1. The van der Waals surface area contributed by atoms with Gasteiger partial charge in [-0.15, -0.1) is 0 Å². The molecule has 0 aromatic heterocycles. The van der Waals surface area contributed by atoms with Gasteiger partial charge in [-0.25, -0.2) is 17.3 Å². The molecule has 0 N–H and O–H groups in total. The topological polar surface area (TPSA) is 144 Å². The first kappa shape index (κ1) is 28.1. The first-order valence-electron chi connectivity index (χ1n) is 10.1. The molecule has 0 bridgehead atoms. The van der Waals surface area contributed by atoms with E-state index in [0.29, 0.717) is 17.2 Å². The van der Waals surface area contributed by atoms with Crippen LogP contribution in [0.5, 0.6) is 0 Å². The number of phosphoric acid groups is 1. The molecule has 186 valence electrons. The lowest BCUT2D eigenvalue weighted by atomic mass is 9.75. The van der Waals surface area contributed by atoms with Crippen LogP contribution in [0.3, 0.4) is 0 Å². The van der Waals surface area contributed by atoms with Crippen LogP contribution in [-0.2, 0) is 31.4 Å². The van der Waals surface area contributed by atoms with E-state index in [-0.39, 0.29) is 22.5 Å². The Hall–Kier alpha value is -2.18. The Morgan fingerprint density at radius 2 is 1.79 bits per heavy atom. The number of non-ortho nitro benzene ring substituents is 1. The van der Waals surface area contributed by atoms with Crippen LogP contribution in [0.2, 0.25) is 0 Å². The fourth-order valence-corrected chi connectivity index (χ4v) is 6.10. The summed E-state index contributed by atoms with van der Waals surface area (Å²) in [6.45, 7) is 6.60. The second-order valence-corrected chi connectivity index (χ2v) is 10.8. The largest absolute Gasteiger partial charge is 0.555 e. The molecule has 0 aliphatic carbocycles. The highest BCUT2D eigenvalue weighted by molar-refractivity contribution is 8.01. The van der Waals surface area contributed by atoms with E-state index in [1.54, 1.807) is 26.8 Å². The van der Waals surface area contributed by atoms with Crippen molar-refractivity contribution in [3.8, 4) is 0 Å². The summed E-state index contributed by atoms with van der Waals surface area (Å²) < 4.78 is 33.4. The monoisotopic (exact) mass is 532 g/mol. The summed E-state index contributed by atoms with van der Waals surface area (Å²) in [5.74, 6) is -3.09. The molecule has 0 radical (unpaired) electrons. The fourth-order valence-electron chi connectivity index (χ4n) is 3.35. The van der Waals surface area contributed by atoms with Crippen LogP contribution in [0.1, 0.15) is 39.2 Å². The van der Waals surface area contributed by atoms with Crippen molar-refractivity contribution in [1.29, 1.82) is 0 Å². The molecule has 2 atom stereocenters. The molecule has 1 aromatic rings. The van der Waals surface area contributed by atoms with Gasteiger partial charge in [0.25, 0.3) is 5.69 Å². The Bertz CT molecular complexity index is 1050. The van der Waals surface area contributed by atoms with Gasteiger partial charge in [0, 0.05) is 65.1 Å². The average molecular weight is 533 g/mol. The maximum atomic E-state index is 13.3. The lowest BCUT2D eigenvalue weighted by Gasteiger charge is -2.31. The zero-order valence-electron chi connectivity index (χ0n) is 19.2. The SMILES string of the molecule is CCSOP(=O)(OSCC)OC(=O)C1=C(C)N=C(C)C(C(=O)OC)C1c1cccc([N+](=O)[O-])c1. The highest BCUT2D eigenvalue weighted by Crippen LogP contribution is 2.57. The van der Waals surface area contributed by atoms with Crippen LogP contribution in [0, 0.1) is 16.0 Å². The Morgan fingerprint density at radius 1 is 1.18 bits per heavy atom. The van der Waals surface area contributed by atoms with Crippen LogP contribution < -0.4 is 0 Å². The van der Waals surface area contributed by atoms with Crippen LogP contribution in [0.15, 0.2) is 40.5 Å². The van der Waals surface area contributed by atoms with E-state index in [0.717, 1.165) is 24.1 Å². The Labute approximate surface area is 205 Å². The number of benzene rings is 1. The highest BCUT2D eigenvalue weighted by Gasteiger charge is 2.45. The maximum absolute atomic E-state index is 13.3. The van der Waals surface area contributed by atoms with E-state index in [4.69, 9.17) is 17.2 Å². The summed E-state index contributed by atoms with van der Waals surface area (Å²) >= 11 is 1.59.